The monoisotopic (exact) mass is 406 g/mol. The number of hydrogen-bond donors (Lipinski definition) is 1. The molecular formula is C26H31FN2O. The molecule has 158 valence electrons. The molecule has 4 heteroatoms. The molecule has 30 heavy (non-hydrogen) atoms. The normalized spacial score (nSPS) is 26.4. The average molecular weight is 407 g/mol. The molecular weight excluding hydrogens is 375 g/mol. The van der Waals surface area contributed by atoms with E-state index in [1.807, 2.05) is 30.2 Å². The Bertz CT molecular complexity index is 967. The average Bonchev–Trinajstić information content (AvgIpc) is 3.21. The molecule has 0 saturated heterocycles. The van der Waals surface area contributed by atoms with E-state index in [-0.39, 0.29) is 34.6 Å². The second-order valence-electron chi connectivity index (χ2n) is 8.98. The van der Waals surface area contributed by atoms with Gasteiger partial charge in [0.05, 0.1) is 5.54 Å². The SMILES string of the molecule is CCN(C(=O)CCC1(c2ccc(F)cc2)c2ccccc2C2(C)NC=CC21)C(C)C. The van der Waals surface area contributed by atoms with E-state index in [1.165, 1.54) is 23.3 Å². The van der Waals surface area contributed by atoms with Crippen molar-refractivity contribution in [3.8, 4) is 0 Å². The molecule has 0 aromatic heterocycles. The highest BCUT2D eigenvalue weighted by molar-refractivity contribution is 5.77. The number of nitrogens with one attached hydrogen (secondary N) is 1. The van der Waals surface area contributed by atoms with Crippen LogP contribution in [0.3, 0.4) is 0 Å². The zero-order valence-corrected chi connectivity index (χ0v) is 18.3. The lowest BCUT2D eigenvalue weighted by atomic mass is 9.65. The first-order chi connectivity index (χ1) is 14.3. The molecule has 3 atom stereocenters. The summed E-state index contributed by atoms with van der Waals surface area (Å²) in [6.45, 7) is 9.08. The van der Waals surface area contributed by atoms with Crippen LogP contribution in [0, 0.1) is 11.7 Å². The maximum Gasteiger partial charge on any atom is 0.222 e. The molecule has 0 spiro atoms. The Morgan fingerprint density at radius 3 is 2.43 bits per heavy atom. The highest BCUT2D eigenvalue weighted by atomic mass is 19.1. The maximum atomic E-state index is 13.8. The molecule has 1 amide bonds. The summed E-state index contributed by atoms with van der Waals surface area (Å²) in [4.78, 5) is 15.0. The zero-order valence-electron chi connectivity index (χ0n) is 18.3. The fraction of sp³-hybridized carbons (Fsp3) is 0.423. The standard InChI is InChI=1S/C26H31FN2O/c1-5-29(18(2)3)24(30)14-16-26(19-10-12-20(27)13-11-19)22-9-7-6-8-21(22)25(4)23(26)15-17-28-25/h6-13,15,17-18,23,28H,5,14,16H2,1-4H3. The summed E-state index contributed by atoms with van der Waals surface area (Å²) in [5.74, 6) is 0.0841. The van der Waals surface area contributed by atoms with E-state index in [0.29, 0.717) is 19.4 Å². The predicted octanol–water partition coefficient (Wildman–Crippen LogP) is 5.11. The fourth-order valence-electron chi connectivity index (χ4n) is 5.79. The van der Waals surface area contributed by atoms with Gasteiger partial charge < -0.3 is 10.2 Å². The molecule has 2 aromatic rings. The lowest BCUT2D eigenvalue weighted by molar-refractivity contribution is -0.133. The number of hydrogen-bond acceptors (Lipinski definition) is 2. The first kappa shape index (κ1) is 20.6. The molecule has 1 aliphatic carbocycles. The van der Waals surface area contributed by atoms with Gasteiger partial charge in [0.1, 0.15) is 5.82 Å². The van der Waals surface area contributed by atoms with Gasteiger partial charge in [-0.15, -0.1) is 0 Å². The number of carbonyl (C=O) groups is 1. The van der Waals surface area contributed by atoms with Crippen molar-refractivity contribution in [1.82, 2.24) is 10.2 Å². The van der Waals surface area contributed by atoms with Crippen LogP contribution in [0.1, 0.15) is 57.2 Å². The number of amides is 1. The zero-order chi connectivity index (χ0) is 21.5. The molecule has 0 bridgehead atoms. The molecule has 1 N–H and O–H groups in total. The van der Waals surface area contributed by atoms with Crippen LogP contribution >= 0.6 is 0 Å². The first-order valence-corrected chi connectivity index (χ1v) is 10.9. The number of benzene rings is 2. The van der Waals surface area contributed by atoms with Crippen molar-refractivity contribution >= 4 is 5.91 Å². The Hall–Kier alpha value is -2.62. The van der Waals surface area contributed by atoms with E-state index in [9.17, 15) is 9.18 Å². The largest absolute Gasteiger partial charge is 0.381 e. The van der Waals surface area contributed by atoms with Crippen molar-refractivity contribution in [3.63, 3.8) is 0 Å². The van der Waals surface area contributed by atoms with Gasteiger partial charge >= 0.3 is 0 Å². The second-order valence-corrected chi connectivity index (χ2v) is 8.98. The van der Waals surface area contributed by atoms with Gasteiger partial charge in [-0.05, 0) is 69.1 Å². The van der Waals surface area contributed by atoms with Crippen LogP contribution in [0.4, 0.5) is 4.39 Å². The van der Waals surface area contributed by atoms with Crippen LogP contribution in [0.5, 0.6) is 0 Å². The quantitative estimate of drug-likeness (QED) is 0.723. The van der Waals surface area contributed by atoms with Crippen molar-refractivity contribution in [2.45, 2.75) is 57.5 Å². The van der Waals surface area contributed by atoms with E-state index in [4.69, 9.17) is 0 Å². The van der Waals surface area contributed by atoms with Crippen LogP contribution in [0.15, 0.2) is 60.8 Å². The van der Waals surface area contributed by atoms with E-state index < -0.39 is 0 Å². The smallest absolute Gasteiger partial charge is 0.222 e. The molecule has 3 unspecified atom stereocenters. The van der Waals surface area contributed by atoms with Crippen LogP contribution in [-0.4, -0.2) is 23.4 Å². The van der Waals surface area contributed by atoms with Crippen molar-refractivity contribution in [2.75, 3.05) is 6.54 Å². The number of halogens is 1. The second kappa shape index (κ2) is 7.57. The van der Waals surface area contributed by atoms with E-state index >= 15 is 0 Å². The minimum Gasteiger partial charge on any atom is -0.381 e. The van der Waals surface area contributed by atoms with Gasteiger partial charge in [-0.2, -0.15) is 0 Å². The van der Waals surface area contributed by atoms with Crippen LogP contribution in [0.25, 0.3) is 0 Å². The number of nitrogens with zero attached hydrogens (tertiary/aromatic N) is 1. The Morgan fingerprint density at radius 2 is 1.80 bits per heavy atom. The third-order valence-corrected chi connectivity index (χ3v) is 7.17. The molecule has 2 aromatic carbocycles. The van der Waals surface area contributed by atoms with Crippen LogP contribution < -0.4 is 5.32 Å². The molecule has 4 rings (SSSR count). The molecule has 2 aliphatic rings. The highest BCUT2D eigenvalue weighted by Crippen LogP contribution is 2.60. The summed E-state index contributed by atoms with van der Waals surface area (Å²) in [6, 6.07) is 15.6. The number of rotatable bonds is 6. The number of fused-ring (bicyclic) bond motifs is 3. The minimum absolute atomic E-state index is 0.148. The predicted molar refractivity (Wildman–Crippen MR) is 118 cm³/mol. The Labute approximate surface area is 179 Å². The molecule has 3 nitrogen and oxygen atoms in total. The lowest BCUT2D eigenvalue weighted by Gasteiger charge is -2.39. The maximum absolute atomic E-state index is 13.8. The topological polar surface area (TPSA) is 32.3 Å². The molecule has 1 aliphatic heterocycles. The Kier molecular flexibility index (Phi) is 5.21. The summed E-state index contributed by atoms with van der Waals surface area (Å²) in [6.07, 6.45) is 5.41. The van der Waals surface area contributed by atoms with Gasteiger partial charge in [0.25, 0.3) is 0 Å². The third-order valence-electron chi connectivity index (χ3n) is 7.17. The van der Waals surface area contributed by atoms with Gasteiger partial charge in [0, 0.05) is 30.3 Å². The van der Waals surface area contributed by atoms with Gasteiger partial charge in [0.2, 0.25) is 5.91 Å². The summed E-state index contributed by atoms with van der Waals surface area (Å²) >= 11 is 0. The summed E-state index contributed by atoms with van der Waals surface area (Å²) in [5, 5.41) is 3.58. The first-order valence-electron chi connectivity index (χ1n) is 10.9. The van der Waals surface area contributed by atoms with Crippen LogP contribution in [-0.2, 0) is 15.7 Å². The van der Waals surface area contributed by atoms with Gasteiger partial charge in [-0.25, -0.2) is 4.39 Å². The Morgan fingerprint density at radius 1 is 1.13 bits per heavy atom. The summed E-state index contributed by atoms with van der Waals surface area (Å²) < 4.78 is 13.8. The molecule has 0 radical (unpaired) electrons. The summed E-state index contributed by atoms with van der Waals surface area (Å²) in [7, 11) is 0. The lowest BCUT2D eigenvalue weighted by Crippen LogP contribution is -2.43. The number of carbonyl (C=O) groups excluding carboxylic acids is 1. The molecule has 1 heterocycles. The van der Waals surface area contributed by atoms with E-state index in [1.54, 1.807) is 0 Å². The highest BCUT2D eigenvalue weighted by Gasteiger charge is 2.59. The van der Waals surface area contributed by atoms with Crippen molar-refractivity contribution in [1.29, 1.82) is 0 Å². The van der Waals surface area contributed by atoms with Crippen molar-refractivity contribution in [2.24, 2.45) is 5.92 Å². The molecule has 0 fully saturated rings. The fourth-order valence-corrected chi connectivity index (χ4v) is 5.79. The van der Waals surface area contributed by atoms with Gasteiger partial charge in [-0.1, -0.05) is 42.5 Å². The minimum atomic E-state index is -0.384. The van der Waals surface area contributed by atoms with E-state index in [2.05, 4.69) is 56.4 Å². The molecule has 0 saturated carbocycles. The van der Waals surface area contributed by atoms with Gasteiger partial charge in [-0.3, -0.25) is 4.79 Å². The van der Waals surface area contributed by atoms with E-state index in [0.717, 1.165) is 5.56 Å². The summed E-state index contributed by atoms with van der Waals surface area (Å²) in [5.41, 5.74) is 2.94. The van der Waals surface area contributed by atoms with Crippen molar-refractivity contribution < 1.29 is 9.18 Å². The van der Waals surface area contributed by atoms with Gasteiger partial charge in [0.15, 0.2) is 0 Å². The Balaban J connectivity index is 1.83. The van der Waals surface area contributed by atoms with Crippen molar-refractivity contribution in [3.05, 3.63) is 83.3 Å². The van der Waals surface area contributed by atoms with Crippen LogP contribution in [0.2, 0.25) is 0 Å². The third kappa shape index (κ3) is 2.96.